The van der Waals surface area contributed by atoms with Crippen LogP contribution in [0.3, 0.4) is 0 Å². The molecule has 7 heteroatoms. The normalized spacial score (nSPS) is 15.4. The summed E-state index contributed by atoms with van der Waals surface area (Å²) in [6, 6.07) is 6.54. The highest BCUT2D eigenvalue weighted by atomic mass is 16.5. The molecule has 1 amide bonds. The van der Waals surface area contributed by atoms with Crippen LogP contribution >= 0.6 is 0 Å². The highest BCUT2D eigenvalue weighted by Crippen LogP contribution is 2.12. The zero-order chi connectivity index (χ0) is 14.2. The summed E-state index contributed by atoms with van der Waals surface area (Å²) in [5.41, 5.74) is 9.36. The summed E-state index contributed by atoms with van der Waals surface area (Å²) in [4.78, 5) is 16.8. The minimum Gasteiger partial charge on any atom is -0.379 e. The number of hydrogen-bond donors (Lipinski definition) is 1. The number of nitrogens with zero attached hydrogens (tertiary/aromatic N) is 4. The Morgan fingerprint density at radius 3 is 2.70 bits per heavy atom. The maximum atomic E-state index is 11.9. The number of carbonyl (C=O) groups excluding carboxylic acids is 1. The Morgan fingerprint density at radius 1 is 1.35 bits per heavy atom. The first kappa shape index (κ1) is 14.3. The van der Waals surface area contributed by atoms with E-state index in [0.29, 0.717) is 17.8 Å². The maximum absolute atomic E-state index is 11.9. The second-order valence-corrected chi connectivity index (χ2v) is 4.45. The van der Waals surface area contributed by atoms with Gasteiger partial charge >= 0.3 is 0 Å². The topological polar surface area (TPSA) is 90.3 Å². The van der Waals surface area contributed by atoms with Crippen LogP contribution in [0.4, 0.5) is 5.69 Å². The molecule has 0 aliphatic carbocycles. The molecule has 20 heavy (non-hydrogen) atoms. The van der Waals surface area contributed by atoms with E-state index in [9.17, 15) is 4.79 Å². The first-order chi connectivity index (χ1) is 9.79. The molecule has 0 atom stereocenters. The number of rotatable bonds is 5. The van der Waals surface area contributed by atoms with Crippen molar-refractivity contribution in [1.82, 2.24) is 10.2 Å². The quantitative estimate of drug-likeness (QED) is 0.503. The van der Waals surface area contributed by atoms with Gasteiger partial charge in [-0.05, 0) is 17.7 Å². The van der Waals surface area contributed by atoms with Crippen LogP contribution in [0.15, 0.2) is 29.4 Å². The predicted octanol–water partition coefficient (Wildman–Crippen LogP) is 1.69. The van der Waals surface area contributed by atoms with Gasteiger partial charge in [0, 0.05) is 42.3 Å². The van der Waals surface area contributed by atoms with Crippen LogP contribution in [-0.4, -0.2) is 50.2 Å². The smallest absolute Gasteiger partial charge is 0.251 e. The molecule has 7 nitrogen and oxygen atoms in total. The van der Waals surface area contributed by atoms with Crippen molar-refractivity contribution in [2.24, 2.45) is 5.11 Å². The van der Waals surface area contributed by atoms with Gasteiger partial charge in [-0.3, -0.25) is 9.69 Å². The number of ether oxygens (including phenoxy) is 1. The van der Waals surface area contributed by atoms with Gasteiger partial charge in [0.25, 0.3) is 5.91 Å². The van der Waals surface area contributed by atoms with Crippen LogP contribution in [0.25, 0.3) is 10.4 Å². The molecule has 0 saturated carbocycles. The van der Waals surface area contributed by atoms with Crippen LogP contribution in [-0.2, 0) is 4.74 Å². The monoisotopic (exact) mass is 275 g/mol. The van der Waals surface area contributed by atoms with Crippen LogP contribution in [0, 0.1) is 0 Å². The zero-order valence-corrected chi connectivity index (χ0v) is 11.2. The lowest BCUT2D eigenvalue weighted by atomic mass is 10.2. The SMILES string of the molecule is [N-]=[N+]=Nc1ccc(C(=O)NCCN2CCOCC2)cc1. The molecule has 1 aromatic rings. The van der Waals surface area contributed by atoms with Crippen molar-refractivity contribution in [2.75, 3.05) is 39.4 Å². The second kappa shape index (κ2) is 7.49. The predicted molar refractivity (Wildman–Crippen MR) is 74.8 cm³/mol. The van der Waals surface area contributed by atoms with Crippen LogP contribution in [0.1, 0.15) is 10.4 Å². The molecular formula is C13H17N5O2. The Hall–Kier alpha value is -2.08. The standard InChI is InChI=1S/C13H17N5O2/c14-17-16-12-3-1-11(2-4-12)13(19)15-5-6-18-7-9-20-10-8-18/h1-4H,5-10H2,(H,15,19). The van der Waals surface area contributed by atoms with Gasteiger partial charge in [0.05, 0.1) is 13.2 Å². The van der Waals surface area contributed by atoms with E-state index in [1.807, 2.05) is 0 Å². The first-order valence-electron chi connectivity index (χ1n) is 6.53. The lowest BCUT2D eigenvalue weighted by Crippen LogP contribution is -2.41. The number of nitrogens with one attached hydrogen (secondary N) is 1. The third-order valence-electron chi connectivity index (χ3n) is 3.11. The fraction of sp³-hybridized carbons (Fsp3) is 0.462. The zero-order valence-electron chi connectivity index (χ0n) is 11.2. The maximum Gasteiger partial charge on any atom is 0.251 e. The minimum absolute atomic E-state index is 0.120. The molecule has 1 aromatic carbocycles. The Morgan fingerprint density at radius 2 is 2.05 bits per heavy atom. The van der Waals surface area contributed by atoms with Crippen molar-refractivity contribution in [1.29, 1.82) is 0 Å². The molecule has 1 N–H and O–H groups in total. The van der Waals surface area contributed by atoms with Gasteiger partial charge in [-0.15, -0.1) is 0 Å². The van der Waals surface area contributed by atoms with Gasteiger partial charge in [0.15, 0.2) is 0 Å². The van der Waals surface area contributed by atoms with Crippen molar-refractivity contribution in [3.8, 4) is 0 Å². The van der Waals surface area contributed by atoms with Gasteiger partial charge in [-0.1, -0.05) is 17.2 Å². The van der Waals surface area contributed by atoms with Crippen LogP contribution in [0.5, 0.6) is 0 Å². The van der Waals surface area contributed by atoms with E-state index in [4.69, 9.17) is 10.3 Å². The number of morpholine rings is 1. The fourth-order valence-corrected chi connectivity index (χ4v) is 1.99. The number of benzene rings is 1. The molecule has 0 aromatic heterocycles. The van der Waals surface area contributed by atoms with E-state index in [0.717, 1.165) is 32.8 Å². The van der Waals surface area contributed by atoms with Gasteiger partial charge < -0.3 is 10.1 Å². The number of azide groups is 1. The summed E-state index contributed by atoms with van der Waals surface area (Å²) in [7, 11) is 0. The summed E-state index contributed by atoms with van der Waals surface area (Å²) >= 11 is 0. The Kier molecular flexibility index (Phi) is 5.37. The highest BCUT2D eigenvalue weighted by Gasteiger charge is 2.10. The summed E-state index contributed by atoms with van der Waals surface area (Å²) in [6.45, 7) is 4.78. The average Bonchev–Trinajstić information content (AvgIpc) is 2.49. The van der Waals surface area contributed by atoms with E-state index in [1.165, 1.54) is 0 Å². The van der Waals surface area contributed by atoms with Crippen molar-refractivity contribution >= 4 is 11.6 Å². The molecule has 0 unspecified atom stereocenters. The van der Waals surface area contributed by atoms with Crippen molar-refractivity contribution < 1.29 is 9.53 Å². The van der Waals surface area contributed by atoms with E-state index in [1.54, 1.807) is 24.3 Å². The molecule has 1 saturated heterocycles. The van der Waals surface area contributed by atoms with E-state index >= 15 is 0 Å². The van der Waals surface area contributed by atoms with E-state index in [2.05, 4.69) is 20.2 Å². The van der Waals surface area contributed by atoms with E-state index in [-0.39, 0.29) is 5.91 Å². The molecule has 2 rings (SSSR count). The third-order valence-corrected chi connectivity index (χ3v) is 3.11. The summed E-state index contributed by atoms with van der Waals surface area (Å²) < 4.78 is 5.26. The fourth-order valence-electron chi connectivity index (χ4n) is 1.99. The molecular weight excluding hydrogens is 258 g/mol. The lowest BCUT2D eigenvalue weighted by Gasteiger charge is -2.26. The van der Waals surface area contributed by atoms with Gasteiger partial charge in [-0.25, -0.2) is 0 Å². The lowest BCUT2D eigenvalue weighted by molar-refractivity contribution is 0.0383. The van der Waals surface area contributed by atoms with Crippen molar-refractivity contribution in [3.63, 3.8) is 0 Å². The second-order valence-electron chi connectivity index (χ2n) is 4.45. The van der Waals surface area contributed by atoms with E-state index < -0.39 is 0 Å². The summed E-state index contributed by atoms with van der Waals surface area (Å²) in [6.07, 6.45) is 0. The van der Waals surface area contributed by atoms with Gasteiger partial charge in [0.2, 0.25) is 0 Å². The molecule has 1 aliphatic heterocycles. The third kappa shape index (κ3) is 4.24. The van der Waals surface area contributed by atoms with Crippen LogP contribution in [0.2, 0.25) is 0 Å². The average molecular weight is 275 g/mol. The Balaban J connectivity index is 1.77. The highest BCUT2D eigenvalue weighted by molar-refractivity contribution is 5.94. The number of amides is 1. The van der Waals surface area contributed by atoms with Crippen molar-refractivity contribution in [3.05, 3.63) is 40.3 Å². The molecule has 1 fully saturated rings. The van der Waals surface area contributed by atoms with Gasteiger partial charge in [-0.2, -0.15) is 0 Å². The first-order valence-corrected chi connectivity index (χ1v) is 6.53. The minimum atomic E-state index is -0.120. The summed E-state index contributed by atoms with van der Waals surface area (Å²) in [5, 5.41) is 6.33. The van der Waals surface area contributed by atoms with Gasteiger partial charge in [0.1, 0.15) is 0 Å². The summed E-state index contributed by atoms with van der Waals surface area (Å²) in [5.74, 6) is -0.120. The molecule has 1 heterocycles. The molecule has 0 radical (unpaired) electrons. The number of carbonyl (C=O) groups is 1. The Labute approximate surface area is 117 Å². The Bertz CT molecular complexity index is 490. The molecule has 0 spiro atoms. The number of hydrogen-bond acceptors (Lipinski definition) is 4. The molecule has 1 aliphatic rings. The molecule has 106 valence electrons. The van der Waals surface area contributed by atoms with Crippen molar-refractivity contribution in [2.45, 2.75) is 0 Å². The molecule has 0 bridgehead atoms. The van der Waals surface area contributed by atoms with Crippen LogP contribution < -0.4 is 5.32 Å². The largest absolute Gasteiger partial charge is 0.379 e.